The molecule has 0 atom stereocenters. The van der Waals surface area contributed by atoms with Gasteiger partial charge in [0, 0.05) is 24.9 Å². The minimum atomic E-state index is 0.0293. The van der Waals surface area contributed by atoms with Gasteiger partial charge in [0.1, 0.15) is 0 Å². The molecule has 1 aromatic carbocycles. The van der Waals surface area contributed by atoms with E-state index in [0.717, 1.165) is 24.8 Å². The van der Waals surface area contributed by atoms with Crippen molar-refractivity contribution in [2.24, 2.45) is 5.73 Å². The van der Waals surface area contributed by atoms with E-state index in [1.165, 1.54) is 0 Å². The van der Waals surface area contributed by atoms with Crippen LogP contribution in [0.15, 0.2) is 22.7 Å². The van der Waals surface area contributed by atoms with E-state index in [2.05, 4.69) is 15.5 Å². The zero-order chi connectivity index (χ0) is 18.8. The van der Waals surface area contributed by atoms with Gasteiger partial charge in [0.25, 0.3) is 0 Å². The van der Waals surface area contributed by atoms with Crippen molar-refractivity contribution < 1.29 is 18.8 Å². The maximum absolute atomic E-state index is 11.7. The molecule has 0 fully saturated rings. The lowest BCUT2D eigenvalue weighted by molar-refractivity contribution is -0.121. The molecule has 2 aromatic rings. The van der Waals surface area contributed by atoms with Gasteiger partial charge in [0.2, 0.25) is 17.6 Å². The number of amides is 1. The third kappa shape index (κ3) is 5.73. The van der Waals surface area contributed by atoms with Crippen LogP contribution in [-0.4, -0.2) is 43.4 Å². The topological polar surface area (TPSA) is 113 Å². The lowest BCUT2D eigenvalue weighted by Crippen LogP contribution is -2.25. The average molecular weight is 362 g/mol. The van der Waals surface area contributed by atoms with Gasteiger partial charge in [-0.15, -0.1) is 0 Å². The van der Waals surface area contributed by atoms with E-state index in [1.807, 2.05) is 6.07 Å². The van der Waals surface area contributed by atoms with Crippen molar-refractivity contribution in [2.45, 2.75) is 32.1 Å². The second kappa shape index (κ2) is 10.4. The molecule has 3 N–H and O–H groups in total. The summed E-state index contributed by atoms with van der Waals surface area (Å²) in [6, 6.07) is 5.41. The largest absolute Gasteiger partial charge is 0.493 e. The highest BCUT2D eigenvalue weighted by Gasteiger charge is 2.12. The van der Waals surface area contributed by atoms with Crippen LogP contribution < -0.4 is 20.5 Å². The molecule has 0 aliphatic rings. The normalized spacial score (nSPS) is 10.6. The molecular formula is C18H26N4O4. The predicted molar refractivity (Wildman–Crippen MR) is 97.1 cm³/mol. The first kappa shape index (κ1) is 19.7. The van der Waals surface area contributed by atoms with E-state index >= 15 is 0 Å². The number of hydrogen-bond donors (Lipinski definition) is 2. The summed E-state index contributed by atoms with van der Waals surface area (Å²) >= 11 is 0. The maximum Gasteiger partial charge on any atom is 0.228 e. The third-order valence-corrected chi connectivity index (χ3v) is 3.88. The van der Waals surface area contributed by atoms with E-state index in [-0.39, 0.29) is 5.91 Å². The fourth-order valence-corrected chi connectivity index (χ4v) is 2.45. The van der Waals surface area contributed by atoms with Gasteiger partial charge < -0.3 is 25.0 Å². The van der Waals surface area contributed by atoms with E-state index in [0.29, 0.717) is 49.1 Å². The minimum Gasteiger partial charge on any atom is -0.493 e. The highest BCUT2D eigenvalue weighted by Crippen LogP contribution is 2.31. The Hall–Kier alpha value is -2.61. The molecule has 0 aliphatic carbocycles. The summed E-state index contributed by atoms with van der Waals surface area (Å²) in [5.74, 6) is 2.20. The van der Waals surface area contributed by atoms with Crippen LogP contribution in [0.25, 0.3) is 11.4 Å². The summed E-state index contributed by atoms with van der Waals surface area (Å²) in [7, 11) is 3.15. The van der Waals surface area contributed by atoms with E-state index in [9.17, 15) is 4.79 Å². The van der Waals surface area contributed by atoms with Crippen molar-refractivity contribution in [3.8, 4) is 22.9 Å². The van der Waals surface area contributed by atoms with Gasteiger partial charge in [0.15, 0.2) is 11.5 Å². The van der Waals surface area contributed by atoms with Crippen molar-refractivity contribution in [2.75, 3.05) is 27.3 Å². The maximum atomic E-state index is 11.7. The molecule has 0 bridgehead atoms. The number of methoxy groups -OCH3 is 2. The predicted octanol–water partition coefficient (Wildman–Crippen LogP) is 1.93. The summed E-state index contributed by atoms with van der Waals surface area (Å²) in [4.78, 5) is 16.1. The van der Waals surface area contributed by atoms with Crippen LogP contribution in [-0.2, 0) is 11.2 Å². The fraction of sp³-hybridized carbons (Fsp3) is 0.500. The first-order chi connectivity index (χ1) is 12.7. The second-order valence-corrected chi connectivity index (χ2v) is 5.78. The van der Waals surface area contributed by atoms with Gasteiger partial charge in [-0.3, -0.25) is 4.79 Å². The average Bonchev–Trinajstić information content (AvgIpc) is 3.13. The number of hydrogen-bond acceptors (Lipinski definition) is 7. The van der Waals surface area contributed by atoms with Crippen LogP contribution >= 0.6 is 0 Å². The zero-order valence-electron chi connectivity index (χ0n) is 15.3. The molecule has 8 heteroatoms. The number of aromatic nitrogens is 2. The van der Waals surface area contributed by atoms with Gasteiger partial charge in [0.05, 0.1) is 14.2 Å². The summed E-state index contributed by atoms with van der Waals surface area (Å²) in [5.41, 5.74) is 6.19. The van der Waals surface area contributed by atoms with E-state index in [4.69, 9.17) is 19.7 Å². The Labute approximate surface area is 153 Å². The number of nitrogens with one attached hydrogen (secondary N) is 1. The number of rotatable bonds is 11. The Bertz CT molecular complexity index is 702. The molecule has 2 rings (SSSR count). The van der Waals surface area contributed by atoms with Gasteiger partial charge in [-0.05, 0) is 37.6 Å². The first-order valence-electron chi connectivity index (χ1n) is 8.69. The quantitative estimate of drug-likeness (QED) is 0.587. The van der Waals surface area contributed by atoms with Crippen molar-refractivity contribution in [3.05, 3.63) is 24.1 Å². The number of carbonyl (C=O) groups excluding carboxylic acids is 1. The molecule has 1 amide bonds. The molecule has 142 valence electrons. The van der Waals surface area contributed by atoms with Crippen LogP contribution in [0.3, 0.4) is 0 Å². The fourth-order valence-electron chi connectivity index (χ4n) is 2.45. The molecule has 26 heavy (non-hydrogen) atoms. The SMILES string of the molecule is COc1ccc(-c2noc(CCNC(=O)CCCCCN)n2)cc1OC. The van der Waals surface area contributed by atoms with Gasteiger partial charge in [-0.2, -0.15) is 4.98 Å². The number of ether oxygens (including phenoxy) is 2. The Morgan fingerprint density at radius 1 is 1.19 bits per heavy atom. The number of unbranched alkanes of at least 4 members (excludes halogenated alkanes) is 2. The van der Waals surface area contributed by atoms with Gasteiger partial charge in [-0.1, -0.05) is 11.6 Å². The molecule has 0 saturated carbocycles. The van der Waals surface area contributed by atoms with Crippen LogP contribution in [0.1, 0.15) is 31.6 Å². The van der Waals surface area contributed by atoms with Crippen LogP contribution in [0.5, 0.6) is 11.5 Å². The van der Waals surface area contributed by atoms with Gasteiger partial charge >= 0.3 is 0 Å². The van der Waals surface area contributed by atoms with Gasteiger partial charge in [-0.25, -0.2) is 0 Å². The molecule has 1 heterocycles. The Kier molecular flexibility index (Phi) is 7.88. The van der Waals surface area contributed by atoms with Crippen LogP contribution in [0, 0.1) is 0 Å². The van der Waals surface area contributed by atoms with Crippen molar-refractivity contribution in [1.82, 2.24) is 15.5 Å². The summed E-state index contributed by atoms with van der Waals surface area (Å²) in [6.45, 7) is 1.13. The summed E-state index contributed by atoms with van der Waals surface area (Å²) in [5, 5.41) is 6.83. The molecule has 0 aliphatic heterocycles. The molecule has 0 unspecified atom stereocenters. The van der Waals surface area contributed by atoms with Crippen molar-refractivity contribution in [1.29, 1.82) is 0 Å². The van der Waals surface area contributed by atoms with Crippen LogP contribution in [0.2, 0.25) is 0 Å². The highest BCUT2D eigenvalue weighted by molar-refractivity contribution is 5.75. The molecule has 0 radical (unpaired) electrons. The molecule has 0 spiro atoms. The number of benzene rings is 1. The Morgan fingerprint density at radius 2 is 2.00 bits per heavy atom. The lowest BCUT2D eigenvalue weighted by Gasteiger charge is -2.07. The molecular weight excluding hydrogens is 336 g/mol. The Balaban J connectivity index is 1.83. The minimum absolute atomic E-state index is 0.0293. The highest BCUT2D eigenvalue weighted by atomic mass is 16.5. The number of nitrogens with two attached hydrogens (primary N) is 1. The van der Waals surface area contributed by atoms with Crippen LogP contribution in [0.4, 0.5) is 0 Å². The van der Waals surface area contributed by atoms with Crippen molar-refractivity contribution in [3.63, 3.8) is 0 Å². The van der Waals surface area contributed by atoms with E-state index < -0.39 is 0 Å². The third-order valence-electron chi connectivity index (χ3n) is 3.88. The lowest BCUT2D eigenvalue weighted by atomic mass is 10.2. The smallest absolute Gasteiger partial charge is 0.228 e. The molecule has 1 aromatic heterocycles. The second-order valence-electron chi connectivity index (χ2n) is 5.78. The standard InChI is InChI=1S/C18H26N4O4/c1-24-14-8-7-13(12-15(14)25-2)18-21-17(26-22-18)9-11-20-16(23)6-4-3-5-10-19/h7-8,12H,3-6,9-11,19H2,1-2H3,(H,20,23). The monoisotopic (exact) mass is 362 g/mol. The summed E-state index contributed by atoms with van der Waals surface area (Å²) in [6.07, 6.45) is 3.78. The first-order valence-corrected chi connectivity index (χ1v) is 8.69. The molecule has 8 nitrogen and oxygen atoms in total. The number of carbonyl (C=O) groups is 1. The number of nitrogens with zero attached hydrogens (tertiary/aromatic N) is 2. The van der Waals surface area contributed by atoms with E-state index in [1.54, 1.807) is 26.4 Å². The van der Waals surface area contributed by atoms with Crippen molar-refractivity contribution >= 4 is 5.91 Å². The Morgan fingerprint density at radius 3 is 2.73 bits per heavy atom. The summed E-state index contributed by atoms with van der Waals surface area (Å²) < 4.78 is 15.7. The zero-order valence-corrected chi connectivity index (χ0v) is 15.3. The molecule has 0 saturated heterocycles.